The zero-order valence-electron chi connectivity index (χ0n) is 25.5. The fourth-order valence-electron chi connectivity index (χ4n) is 5.90. The third-order valence-electron chi connectivity index (χ3n) is 8.68. The van der Waals surface area contributed by atoms with E-state index in [0.717, 1.165) is 31.0 Å². The van der Waals surface area contributed by atoms with E-state index in [0.29, 0.717) is 28.0 Å². The molecule has 4 aromatic rings. The van der Waals surface area contributed by atoms with Gasteiger partial charge >= 0.3 is 0 Å². The van der Waals surface area contributed by atoms with E-state index in [-0.39, 0.29) is 34.9 Å². The van der Waals surface area contributed by atoms with Crippen LogP contribution in [0.1, 0.15) is 74.6 Å². The number of aromatic nitrogens is 4. The van der Waals surface area contributed by atoms with Crippen LogP contribution in [-0.2, 0) is 10.2 Å². The van der Waals surface area contributed by atoms with Gasteiger partial charge in [-0.2, -0.15) is 0 Å². The number of rotatable bonds is 8. The first-order valence-corrected chi connectivity index (χ1v) is 14.8. The summed E-state index contributed by atoms with van der Waals surface area (Å²) in [5.74, 6) is -3.39. The second kappa shape index (κ2) is 11.1. The lowest BCUT2D eigenvalue weighted by Gasteiger charge is -2.35. The van der Waals surface area contributed by atoms with Crippen molar-refractivity contribution in [2.24, 2.45) is 0 Å². The van der Waals surface area contributed by atoms with E-state index in [1.807, 2.05) is 48.5 Å². The number of halogens is 4. The van der Waals surface area contributed by atoms with Crippen LogP contribution in [0.25, 0.3) is 22.3 Å². The highest BCUT2D eigenvalue weighted by atomic mass is 19.3. The molecular weight excluding hydrogens is 590 g/mol. The molecule has 0 saturated heterocycles. The molecule has 2 amide bonds. The number of carbonyl (C=O) groups excluding carboxylic acids is 2. The van der Waals surface area contributed by atoms with Crippen molar-refractivity contribution in [2.45, 2.75) is 77.8 Å². The Morgan fingerprint density at radius 1 is 1.11 bits per heavy atom. The molecule has 0 unspecified atom stereocenters. The van der Waals surface area contributed by atoms with Crippen molar-refractivity contribution >= 4 is 40.0 Å². The van der Waals surface area contributed by atoms with E-state index in [1.54, 1.807) is 18.6 Å². The minimum Gasteiger partial charge on any atom is -0.346 e. The molecule has 1 saturated carbocycles. The van der Waals surface area contributed by atoms with Crippen LogP contribution in [0.2, 0.25) is 0 Å². The molecule has 13 heteroatoms. The molecule has 1 fully saturated rings. The van der Waals surface area contributed by atoms with Crippen LogP contribution >= 0.6 is 0 Å². The molecule has 0 bridgehead atoms. The molecule has 1 aromatic carbocycles. The van der Waals surface area contributed by atoms with E-state index in [1.165, 1.54) is 6.92 Å². The van der Waals surface area contributed by atoms with Crippen LogP contribution < -0.4 is 15.5 Å². The number of anilines is 3. The Morgan fingerprint density at radius 2 is 1.84 bits per heavy atom. The summed E-state index contributed by atoms with van der Waals surface area (Å²) >= 11 is 0. The van der Waals surface area contributed by atoms with E-state index in [4.69, 9.17) is 9.97 Å². The van der Waals surface area contributed by atoms with Crippen molar-refractivity contribution in [3.8, 4) is 11.3 Å². The van der Waals surface area contributed by atoms with Crippen LogP contribution in [0.15, 0.2) is 30.7 Å². The van der Waals surface area contributed by atoms with Gasteiger partial charge in [0.15, 0.2) is 17.5 Å². The Hall–Kier alpha value is -4.55. The van der Waals surface area contributed by atoms with Crippen LogP contribution in [0, 0.1) is 18.6 Å². The molecule has 1 aliphatic heterocycles. The first-order chi connectivity index (χ1) is 21.3. The minimum absolute atomic E-state index is 0.00134. The normalized spacial score (nSPS) is 16.1. The molecular formula is C32H33F4N7O2. The lowest BCUT2D eigenvalue weighted by molar-refractivity contribution is -0.123. The van der Waals surface area contributed by atoms with E-state index in [9.17, 15) is 18.4 Å². The number of carbonyl (C=O) groups is 2. The number of hydrogen-bond acceptors (Lipinski definition) is 6. The molecule has 4 heterocycles. The zero-order valence-corrected chi connectivity index (χ0v) is 25.5. The van der Waals surface area contributed by atoms with Crippen LogP contribution in [0.3, 0.4) is 0 Å². The van der Waals surface area contributed by atoms with Crippen molar-refractivity contribution in [2.75, 3.05) is 16.8 Å². The first-order valence-electron chi connectivity index (χ1n) is 14.8. The number of amides is 2. The van der Waals surface area contributed by atoms with Crippen LogP contribution in [0.4, 0.5) is 34.8 Å². The number of imidazole rings is 1. The molecule has 9 nitrogen and oxygen atoms in total. The minimum atomic E-state index is -2.81. The molecule has 1 aliphatic carbocycles. The predicted molar refractivity (Wildman–Crippen MR) is 162 cm³/mol. The summed E-state index contributed by atoms with van der Waals surface area (Å²) in [6.07, 6.45) is 3.31. The molecule has 2 N–H and O–H groups in total. The van der Waals surface area contributed by atoms with Crippen molar-refractivity contribution in [1.82, 2.24) is 24.8 Å². The van der Waals surface area contributed by atoms with Gasteiger partial charge in [-0.1, -0.05) is 0 Å². The monoisotopic (exact) mass is 623 g/mol. The molecule has 3 aromatic heterocycles. The van der Waals surface area contributed by atoms with Gasteiger partial charge in [0.2, 0.25) is 5.91 Å². The number of fused-ring (bicyclic) bond motifs is 2. The first kappa shape index (κ1) is 30.5. The Balaban J connectivity index is 1.47. The third kappa shape index (κ3) is 5.07. The standard InChI is InChI=1S/C32H33F4N7O2/c1-15(2)42-14-39-22-11-20(17-9-23-28(37-12-17)32(4,5)31(45)43(23)18-7-6-8-18)40-29(27(22)42)41-21-10-19(16(3)25(35)26(21)36)30(44)38-13-24(33)34/h9-12,14-15,18,24H,6-8,13H2,1-5H3,(H,38,44)(H,40,41). The molecule has 6 rings (SSSR count). The largest absolute Gasteiger partial charge is 0.346 e. The van der Waals surface area contributed by atoms with Crippen molar-refractivity contribution in [3.63, 3.8) is 0 Å². The van der Waals surface area contributed by atoms with Gasteiger partial charge in [-0.25, -0.2) is 27.5 Å². The quantitative estimate of drug-likeness (QED) is 0.215. The Bertz CT molecular complexity index is 1850. The van der Waals surface area contributed by atoms with Gasteiger partial charge in [-0.05, 0) is 72.1 Å². The summed E-state index contributed by atoms with van der Waals surface area (Å²) in [6.45, 7) is 7.84. The average molecular weight is 624 g/mol. The number of nitrogens with one attached hydrogen (secondary N) is 2. The van der Waals surface area contributed by atoms with Crippen LogP contribution in [0.5, 0.6) is 0 Å². The molecule has 0 atom stereocenters. The Kier molecular flexibility index (Phi) is 7.52. The molecule has 0 spiro atoms. The summed E-state index contributed by atoms with van der Waals surface area (Å²) < 4.78 is 57.7. The molecule has 236 valence electrons. The van der Waals surface area contributed by atoms with E-state index < -0.39 is 41.6 Å². The summed E-state index contributed by atoms with van der Waals surface area (Å²) in [6, 6.07) is 4.74. The lowest BCUT2D eigenvalue weighted by Crippen LogP contribution is -2.46. The van der Waals surface area contributed by atoms with E-state index in [2.05, 4.69) is 10.3 Å². The van der Waals surface area contributed by atoms with Crippen molar-refractivity contribution < 1.29 is 27.2 Å². The summed E-state index contributed by atoms with van der Waals surface area (Å²) in [5.41, 5.74) is 1.62. The second-order valence-electron chi connectivity index (χ2n) is 12.4. The Morgan fingerprint density at radius 3 is 2.49 bits per heavy atom. The highest BCUT2D eigenvalue weighted by Gasteiger charge is 2.48. The van der Waals surface area contributed by atoms with Crippen molar-refractivity contribution in [1.29, 1.82) is 0 Å². The fourth-order valence-corrected chi connectivity index (χ4v) is 5.90. The SMILES string of the molecule is Cc1c(C(=O)NCC(F)F)cc(Nc2nc(-c3cnc4c(c3)N(C3CCC3)C(=O)C4(C)C)cc3ncn(C(C)C)c23)c(F)c1F. The number of pyridine rings is 2. The smallest absolute Gasteiger partial charge is 0.255 e. The fraction of sp³-hybridized carbons (Fsp3) is 0.406. The average Bonchev–Trinajstić information content (AvgIpc) is 3.49. The van der Waals surface area contributed by atoms with Gasteiger partial charge in [0, 0.05) is 35.0 Å². The summed E-state index contributed by atoms with van der Waals surface area (Å²) in [7, 11) is 0. The van der Waals surface area contributed by atoms with Gasteiger partial charge < -0.3 is 20.1 Å². The molecule has 2 aliphatic rings. The third-order valence-corrected chi connectivity index (χ3v) is 8.68. The summed E-state index contributed by atoms with van der Waals surface area (Å²) in [5, 5.41) is 4.89. The maximum atomic E-state index is 15.3. The van der Waals surface area contributed by atoms with Gasteiger partial charge in [0.05, 0.1) is 46.6 Å². The van der Waals surface area contributed by atoms with Gasteiger partial charge in [-0.15, -0.1) is 0 Å². The Labute approximate surface area is 257 Å². The van der Waals surface area contributed by atoms with Gasteiger partial charge in [0.1, 0.15) is 5.52 Å². The highest BCUT2D eigenvalue weighted by Crippen LogP contribution is 2.46. The van der Waals surface area contributed by atoms with Gasteiger partial charge in [0.25, 0.3) is 12.3 Å². The topological polar surface area (TPSA) is 105 Å². The zero-order chi connectivity index (χ0) is 32.4. The summed E-state index contributed by atoms with van der Waals surface area (Å²) in [4.78, 5) is 41.9. The number of benzene rings is 1. The van der Waals surface area contributed by atoms with Crippen LogP contribution in [-0.4, -0.2) is 50.3 Å². The highest BCUT2D eigenvalue weighted by molar-refractivity contribution is 6.08. The molecule has 45 heavy (non-hydrogen) atoms. The maximum absolute atomic E-state index is 15.3. The molecule has 0 radical (unpaired) electrons. The number of alkyl halides is 2. The van der Waals surface area contributed by atoms with Crippen molar-refractivity contribution in [3.05, 3.63) is 59.2 Å². The lowest BCUT2D eigenvalue weighted by atomic mass is 9.89. The van der Waals surface area contributed by atoms with Gasteiger partial charge in [-0.3, -0.25) is 14.6 Å². The van der Waals surface area contributed by atoms with E-state index >= 15 is 8.78 Å². The number of hydrogen-bond donors (Lipinski definition) is 2. The second-order valence-corrected chi connectivity index (χ2v) is 12.4. The maximum Gasteiger partial charge on any atom is 0.255 e. The predicted octanol–water partition coefficient (Wildman–Crippen LogP) is 6.58. The number of nitrogens with zero attached hydrogens (tertiary/aromatic N) is 5.